The molecule has 1 heterocycles. The minimum Gasteiger partial charge on any atom is -0.394 e. The van der Waals surface area contributed by atoms with Crippen molar-refractivity contribution in [1.29, 1.82) is 0 Å². The Labute approximate surface area is 159 Å². The lowest BCUT2D eigenvalue weighted by atomic mass is 10.1. The van der Waals surface area contributed by atoms with Gasteiger partial charge in [-0.3, -0.25) is 0 Å². The number of allylic oxidation sites excluding steroid dienone is 2. The molecule has 1 aliphatic heterocycles. The Morgan fingerprint density at radius 3 is 2.15 bits per heavy atom. The zero-order chi connectivity index (χ0) is 19.0. The second-order valence-corrected chi connectivity index (χ2v) is 7.32. The Bertz CT molecular complexity index is 347. The standard InChI is InChI=1S/C21H40O5/c1-2-3-4-5-6-7-8-9-10-11-12-13-14-15-25-19(16-22)21-20(24)18(23)17-26-21/h9-10,18-24H,2-8,11-17H2,1H3/b10-9+/t18-,19+,20+,21+/m1/s1. The maximum atomic E-state index is 9.80. The summed E-state index contributed by atoms with van der Waals surface area (Å²) >= 11 is 0. The summed E-state index contributed by atoms with van der Waals surface area (Å²) in [5, 5.41) is 28.7. The van der Waals surface area contributed by atoms with E-state index < -0.39 is 24.4 Å². The summed E-state index contributed by atoms with van der Waals surface area (Å²) < 4.78 is 10.9. The Morgan fingerprint density at radius 2 is 1.58 bits per heavy atom. The van der Waals surface area contributed by atoms with Gasteiger partial charge in [0.05, 0.1) is 13.2 Å². The van der Waals surface area contributed by atoms with E-state index >= 15 is 0 Å². The fourth-order valence-electron chi connectivity index (χ4n) is 3.26. The Kier molecular flexibility index (Phi) is 14.1. The normalized spacial score (nSPS) is 24.5. The van der Waals surface area contributed by atoms with Crippen LogP contribution in [0.15, 0.2) is 12.2 Å². The molecule has 0 aromatic rings. The zero-order valence-corrected chi connectivity index (χ0v) is 16.5. The number of aliphatic hydroxyl groups is 3. The van der Waals surface area contributed by atoms with Crippen molar-refractivity contribution in [2.45, 2.75) is 102 Å². The van der Waals surface area contributed by atoms with Crippen molar-refractivity contribution < 1.29 is 24.8 Å². The number of unbranched alkanes of at least 4 members (excludes halogenated alkanes) is 9. The summed E-state index contributed by atoms with van der Waals surface area (Å²) in [6.07, 6.45) is 15.1. The second kappa shape index (κ2) is 15.6. The van der Waals surface area contributed by atoms with Crippen LogP contribution >= 0.6 is 0 Å². The van der Waals surface area contributed by atoms with Gasteiger partial charge in [0.1, 0.15) is 24.4 Å². The maximum Gasteiger partial charge on any atom is 0.114 e. The van der Waals surface area contributed by atoms with Crippen molar-refractivity contribution in [3.63, 3.8) is 0 Å². The SMILES string of the molecule is CCCCCCCC/C=C/CCCCCO[C@@H](CO)[C@@H]1OC[C@@H](O)[C@@H]1O. The second-order valence-electron chi connectivity index (χ2n) is 7.32. The molecule has 0 saturated carbocycles. The van der Waals surface area contributed by atoms with Crippen LogP contribution in [0.25, 0.3) is 0 Å². The molecule has 0 radical (unpaired) electrons. The van der Waals surface area contributed by atoms with Crippen LogP contribution in [0.3, 0.4) is 0 Å². The van der Waals surface area contributed by atoms with E-state index in [1.54, 1.807) is 0 Å². The van der Waals surface area contributed by atoms with Gasteiger partial charge in [0.2, 0.25) is 0 Å². The lowest BCUT2D eigenvalue weighted by Gasteiger charge is -2.24. The summed E-state index contributed by atoms with van der Waals surface area (Å²) in [6, 6.07) is 0. The van der Waals surface area contributed by atoms with E-state index in [4.69, 9.17) is 9.47 Å². The summed E-state index contributed by atoms with van der Waals surface area (Å²) in [4.78, 5) is 0. The lowest BCUT2D eigenvalue weighted by molar-refractivity contribution is -0.101. The first-order valence-electron chi connectivity index (χ1n) is 10.6. The molecule has 0 aromatic carbocycles. The Morgan fingerprint density at radius 1 is 0.962 bits per heavy atom. The minimum atomic E-state index is -0.982. The molecule has 0 unspecified atom stereocenters. The maximum absolute atomic E-state index is 9.80. The molecule has 154 valence electrons. The van der Waals surface area contributed by atoms with Crippen LogP contribution in [0.2, 0.25) is 0 Å². The average molecular weight is 373 g/mol. The molecule has 5 nitrogen and oxygen atoms in total. The fraction of sp³-hybridized carbons (Fsp3) is 0.905. The smallest absolute Gasteiger partial charge is 0.114 e. The number of hydrogen-bond acceptors (Lipinski definition) is 5. The summed E-state index contributed by atoms with van der Waals surface area (Å²) in [5.41, 5.74) is 0. The number of rotatable bonds is 16. The lowest BCUT2D eigenvalue weighted by Crippen LogP contribution is -2.42. The van der Waals surface area contributed by atoms with Crippen molar-refractivity contribution in [2.24, 2.45) is 0 Å². The van der Waals surface area contributed by atoms with Crippen LogP contribution in [0.4, 0.5) is 0 Å². The van der Waals surface area contributed by atoms with Gasteiger partial charge in [0, 0.05) is 6.61 Å². The molecule has 1 aliphatic rings. The largest absolute Gasteiger partial charge is 0.394 e. The molecule has 0 spiro atoms. The van der Waals surface area contributed by atoms with E-state index in [-0.39, 0.29) is 13.2 Å². The molecule has 1 fully saturated rings. The molecular weight excluding hydrogens is 332 g/mol. The van der Waals surface area contributed by atoms with Gasteiger partial charge in [-0.25, -0.2) is 0 Å². The molecule has 0 bridgehead atoms. The van der Waals surface area contributed by atoms with Gasteiger partial charge in [0.15, 0.2) is 0 Å². The Balaban J connectivity index is 1.93. The minimum absolute atomic E-state index is 0.0940. The highest BCUT2D eigenvalue weighted by molar-refractivity contribution is 4.88. The van der Waals surface area contributed by atoms with Gasteiger partial charge < -0.3 is 24.8 Å². The highest BCUT2D eigenvalue weighted by atomic mass is 16.6. The van der Waals surface area contributed by atoms with E-state index in [9.17, 15) is 15.3 Å². The summed E-state index contributed by atoms with van der Waals surface area (Å²) in [7, 11) is 0. The third kappa shape index (κ3) is 10.0. The molecule has 4 atom stereocenters. The van der Waals surface area contributed by atoms with Gasteiger partial charge in [-0.2, -0.15) is 0 Å². The summed E-state index contributed by atoms with van der Waals surface area (Å²) in [6.45, 7) is 2.67. The third-order valence-corrected chi connectivity index (χ3v) is 4.97. The van der Waals surface area contributed by atoms with Gasteiger partial charge >= 0.3 is 0 Å². The van der Waals surface area contributed by atoms with Crippen molar-refractivity contribution >= 4 is 0 Å². The van der Waals surface area contributed by atoms with Gasteiger partial charge in [-0.15, -0.1) is 0 Å². The highest BCUT2D eigenvalue weighted by Gasteiger charge is 2.40. The van der Waals surface area contributed by atoms with E-state index in [0.717, 1.165) is 25.7 Å². The molecule has 1 rings (SSSR count). The van der Waals surface area contributed by atoms with Gasteiger partial charge in [0.25, 0.3) is 0 Å². The van der Waals surface area contributed by atoms with Crippen molar-refractivity contribution in [3.05, 3.63) is 12.2 Å². The monoisotopic (exact) mass is 372 g/mol. The van der Waals surface area contributed by atoms with E-state index in [1.165, 1.54) is 44.9 Å². The molecule has 26 heavy (non-hydrogen) atoms. The highest BCUT2D eigenvalue weighted by Crippen LogP contribution is 2.19. The van der Waals surface area contributed by atoms with Crippen LogP contribution in [-0.4, -0.2) is 59.6 Å². The first-order valence-corrected chi connectivity index (χ1v) is 10.6. The van der Waals surface area contributed by atoms with Crippen molar-refractivity contribution in [1.82, 2.24) is 0 Å². The van der Waals surface area contributed by atoms with Crippen LogP contribution in [0.1, 0.15) is 77.6 Å². The predicted octanol–water partition coefficient (Wildman–Crippen LogP) is 3.35. The van der Waals surface area contributed by atoms with Crippen LogP contribution in [-0.2, 0) is 9.47 Å². The first kappa shape index (κ1) is 23.6. The van der Waals surface area contributed by atoms with Gasteiger partial charge in [-0.1, -0.05) is 57.6 Å². The number of ether oxygens (including phenoxy) is 2. The number of aliphatic hydroxyl groups excluding tert-OH is 3. The molecule has 0 aromatic heterocycles. The predicted molar refractivity (Wildman–Crippen MR) is 104 cm³/mol. The molecule has 3 N–H and O–H groups in total. The fourth-order valence-corrected chi connectivity index (χ4v) is 3.26. The quantitative estimate of drug-likeness (QED) is 0.286. The van der Waals surface area contributed by atoms with E-state index in [1.807, 2.05) is 0 Å². The summed E-state index contributed by atoms with van der Waals surface area (Å²) in [5.74, 6) is 0. The third-order valence-electron chi connectivity index (χ3n) is 4.97. The topological polar surface area (TPSA) is 79.2 Å². The molecule has 5 heteroatoms. The Hall–Kier alpha value is -0.460. The van der Waals surface area contributed by atoms with Crippen molar-refractivity contribution in [2.75, 3.05) is 19.8 Å². The van der Waals surface area contributed by atoms with E-state index in [0.29, 0.717) is 6.61 Å². The molecule has 0 amide bonds. The zero-order valence-electron chi connectivity index (χ0n) is 16.5. The first-order chi connectivity index (χ1) is 12.7. The van der Waals surface area contributed by atoms with Crippen LogP contribution in [0, 0.1) is 0 Å². The molecule has 1 saturated heterocycles. The molecular formula is C21H40O5. The van der Waals surface area contributed by atoms with Crippen LogP contribution < -0.4 is 0 Å². The van der Waals surface area contributed by atoms with Crippen LogP contribution in [0.5, 0.6) is 0 Å². The van der Waals surface area contributed by atoms with Crippen molar-refractivity contribution in [3.8, 4) is 0 Å². The van der Waals surface area contributed by atoms with E-state index in [2.05, 4.69) is 19.1 Å². The van der Waals surface area contributed by atoms with Gasteiger partial charge in [-0.05, 0) is 32.1 Å². The average Bonchev–Trinajstić information content (AvgIpc) is 2.98. The molecule has 0 aliphatic carbocycles. The number of hydrogen-bond donors (Lipinski definition) is 3.